The first-order valence-corrected chi connectivity index (χ1v) is 13.8. The van der Waals surface area contributed by atoms with Gasteiger partial charge < -0.3 is 4.42 Å². The molecule has 0 saturated heterocycles. The zero-order chi connectivity index (χ0) is 27.0. The minimum absolute atomic E-state index is 0.131. The van der Waals surface area contributed by atoms with E-state index in [9.17, 15) is 0 Å². The summed E-state index contributed by atoms with van der Waals surface area (Å²) in [5.74, 6) is 0. The first kappa shape index (κ1) is 24.9. The summed E-state index contributed by atoms with van der Waals surface area (Å²) < 4.78 is 6.69. The number of aryl methyl sites for hydroxylation is 2. The van der Waals surface area contributed by atoms with Crippen LogP contribution >= 0.6 is 0 Å². The quantitative estimate of drug-likeness (QED) is 0.246. The summed E-state index contributed by atoms with van der Waals surface area (Å²) in [5.41, 5.74) is 11.2. The zero-order valence-corrected chi connectivity index (χ0v) is 24.0. The third kappa shape index (κ3) is 3.95. The molecule has 194 valence electrons. The van der Waals surface area contributed by atoms with Crippen molar-refractivity contribution in [1.29, 1.82) is 0 Å². The molecule has 5 aromatic rings. The Labute approximate surface area is 226 Å². The van der Waals surface area contributed by atoms with E-state index in [1.165, 1.54) is 27.9 Å². The number of benzene rings is 2. The van der Waals surface area contributed by atoms with Gasteiger partial charge in [0.1, 0.15) is 5.58 Å². The van der Waals surface area contributed by atoms with Crippen molar-refractivity contribution in [3.63, 3.8) is 0 Å². The summed E-state index contributed by atoms with van der Waals surface area (Å²) in [7, 11) is 0. The molecule has 0 radical (unpaired) electrons. The van der Waals surface area contributed by atoms with Gasteiger partial charge in [-0.25, -0.2) is 4.98 Å². The molecule has 0 N–H and O–H groups in total. The Morgan fingerprint density at radius 1 is 0.789 bits per heavy atom. The molecule has 38 heavy (non-hydrogen) atoms. The van der Waals surface area contributed by atoms with Gasteiger partial charge in [-0.15, -0.1) is 0 Å². The molecule has 0 aliphatic heterocycles. The van der Waals surface area contributed by atoms with Crippen LogP contribution in [0.3, 0.4) is 0 Å². The van der Waals surface area contributed by atoms with Crippen LogP contribution < -0.4 is 0 Å². The van der Waals surface area contributed by atoms with Crippen molar-refractivity contribution >= 4 is 22.1 Å². The third-order valence-electron chi connectivity index (χ3n) is 7.86. The molecule has 0 fully saturated rings. The van der Waals surface area contributed by atoms with E-state index in [-0.39, 0.29) is 16.2 Å². The van der Waals surface area contributed by atoms with Gasteiger partial charge in [-0.1, -0.05) is 77.9 Å². The van der Waals surface area contributed by atoms with Gasteiger partial charge in [0.25, 0.3) is 0 Å². The lowest BCUT2D eigenvalue weighted by Gasteiger charge is -2.41. The maximum Gasteiger partial charge on any atom is 0.227 e. The number of fused-ring (bicyclic) bond motifs is 6. The summed E-state index contributed by atoms with van der Waals surface area (Å²) in [6.45, 7) is 18.3. The molecule has 0 bridgehead atoms. The van der Waals surface area contributed by atoms with Gasteiger partial charge in [-0.2, -0.15) is 0 Å². The maximum atomic E-state index is 6.69. The molecule has 3 aromatic heterocycles. The number of hydrogen-bond donors (Lipinski definition) is 0. The van der Waals surface area contributed by atoms with Crippen LogP contribution in [0.2, 0.25) is 0 Å². The highest BCUT2D eigenvalue weighted by molar-refractivity contribution is 6.10. The smallest absolute Gasteiger partial charge is 0.227 e. The van der Waals surface area contributed by atoms with Crippen LogP contribution in [0, 0.1) is 24.7 Å². The maximum absolute atomic E-state index is 6.69. The Balaban J connectivity index is 1.68. The first-order chi connectivity index (χ1) is 17.9. The molecule has 1 aliphatic rings. The van der Waals surface area contributed by atoms with Gasteiger partial charge in [0, 0.05) is 33.5 Å². The normalized spacial score (nSPS) is 14.7. The second-order valence-electron chi connectivity index (χ2n) is 13.8. The van der Waals surface area contributed by atoms with Crippen molar-refractivity contribution in [1.82, 2.24) is 9.97 Å². The minimum atomic E-state index is -0.174. The largest absolute Gasteiger partial charge is 0.437 e. The Kier molecular flexibility index (Phi) is 5.41. The van der Waals surface area contributed by atoms with Crippen LogP contribution in [0.5, 0.6) is 0 Å². The number of furan rings is 1. The zero-order valence-electron chi connectivity index (χ0n) is 24.0. The Morgan fingerprint density at radius 2 is 1.50 bits per heavy atom. The van der Waals surface area contributed by atoms with Gasteiger partial charge in [-0.05, 0) is 78.0 Å². The van der Waals surface area contributed by atoms with E-state index in [4.69, 9.17) is 14.4 Å². The van der Waals surface area contributed by atoms with Crippen molar-refractivity contribution in [2.24, 2.45) is 10.8 Å². The van der Waals surface area contributed by atoms with Crippen LogP contribution in [0.25, 0.3) is 44.5 Å². The van der Waals surface area contributed by atoms with Crippen molar-refractivity contribution in [2.75, 3.05) is 0 Å². The fourth-order valence-corrected chi connectivity index (χ4v) is 6.92. The summed E-state index contributed by atoms with van der Waals surface area (Å²) in [6.07, 6.45) is 3.93. The molecule has 0 unspecified atom stereocenters. The molecule has 3 heteroatoms. The monoisotopic (exact) mass is 502 g/mol. The predicted molar refractivity (Wildman–Crippen MR) is 159 cm³/mol. The highest BCUT2D eigenvalue weighted by Crippen LogP contribution is 2.58. The summed E-state index contributed by atoms with van der Waals surface area (Å²) in [5, 5.41) is 2.17. The lowest BCUT2D eigenvalue weighted by atomic mass is 9.63. The Bertz CT molecular complexity index is 1690. The number of hydrogen-bond acceptors (Lipinski definition) is 3. The first-order valence-electron chi connectivity index (χ1n) is 13.8. The highest BCUT2D eigenvalue weighted by Gasteiger charge is 2.48. The predicted octanol–water partition coefficient (Wildman–Crippen LogP) is 9.80. The molecule has 3 nitrogen and oxygen atoms in total. The van der Waals surface area contributed by atoms with Crippen LogP contribution in [0.15, 0.2) is 65.2 Å². The SMILES string of the molecule is Cc1ccnc(-c2c(C)ccc3c2oc2nc4c(cc23)-c2ccccc2C4(CC(C)(C)C)CC(C)(C)C)c1. The molecule has 3 heterocycles. The third-order valence-corrected chi connectivity index (χ3v) is 7.86. The summed E-state index contributed by atoms with van der Waals surface area (Å²) >= 11 is 0. The average Bonchev–Trinajstić information content (AvgIpc) is 3.29. The minimum Gasteiger partial charge on any atom is -0.437 e. The standard InChI is InChI=1S/C35H38N2O/c1-21-15-16-36-28(17-21)29-22(2)13-14-24-26-18-25-23-11-9-10-12-27(23)35(19-33(3,4)5,20-34(6,7)8)31(25)37-32(26)38-30(24)29/h9-18H,19-20H2,1-8H3. The van der Waals surface area contributed by atoms with Crippen molar-refractivity contribution < 1.29 is 4.42 Å². The fraction of sp³-hybridized carbons (Fsp3) is 0.371. The molecule has 0 amide bonds. The van der Waals surface area contributed by atoms with Crippen LogP contribution in [-0.2, 0) is 5.41 Å². The van der Waals surface area contributed by atoms with Crippen molar-refractivity contribution in [3.05, 3.63) is 83.2 Å². The molecule has 0 atom stereocenters. The van der Waals surface area contributed by atoms with Gasteiger partial charge in [-0.3, -0.25) is 4.98 Å². The molecule has 0 spiro atoms. The molecular weight excluding hydrogens is 464 g/mol. The Hall–Kier alpha value is -3.46. The fourth-order valence-electron chi connectivity index (χ4n) is 6.92. The van der Waals surface area contributed by atoms with Crippen molar-refractivity contribution in [3.8, 4) is 22.4 Å². The van der Waals surface area contributed by atoms with E-state index >= 15 is 0 Å². The summed E-state index contributed by atoms with van der Waals surface area (Å²) in [4.78, 5) is 10.1. The molecule has 2 aromatic carbocycles. The average molecular weight is 503 g/mol. The van der Waals surface area contributed by atoms with Crippen LogP contribution in [0.1, 0.15) is 76.8 Å². The molecule has 0 saturated carbocycles. The number of aromatic nitrogens is 2. The number of nitrogens with zero attached hydrogens (tertiary/aromatic N) is 2. The van der Waals surface area contributed by atoms with E-state index in [2.05, 4.69) is 104 Å². The summed E-state index contributed by atoms with van der Waals surface area (Å²) in [6, 6.07) is 19.8. The van der Waals surface area contributed by atoms with E-state index in [1.807, 2.05) is 12.3 Å². The Morgan fingerprint density at radius 3 is 2.18 bits per heavy atom. The number of rotatable bonds is 3. The number of pyridine rings is 2. The van der Waals surface area contributed by atoms with E-state index in [1.54, 1.807) is 0 Å². The van der Waals surface area contributed by atoms with Crippen molar-refractivity contribution in [2.45, 2.75) is 73.6 Å². The van der Waals surface area contributed by atoms with E-state index in [0.717, 1.165) is 51.7 Å². The van der Waals surface area contributed by atoms with Gasteiger partial charge in [0.05, 0.1) is 11.4 Å². The van der Waals surface area contributed by atoms with E-state index < -0.39 is 0 Å². The lowest BCUT2D eigenvalue weighted by Crippen LogP contribution is -2.35. The molecular formula is C35H38N2O. The lowest BCUT2D eigenvalue weighted by molar-refractivity contribution is 0.211. The highest BCUT2D eigenvalue weighted by atomic mass is 16.3. The van der Waals surface area contributed by atoms with Gasteiger partial charge >= 0.3 is 0 Å². The molecule has 1 aliphatic carbocycles. The topological polar surface area (TPSA) is 38.9 Å². The molecule has 6 rings (SSSR count). The van der Waals surface area contributed by atoms with Gasteiger partial charge in [0.15, 0.2) is 0 Å². The van der Waals surface area contributed by atoms with Gasteiger partial charge in [0.2, 0.25) is 5.71 Å². The van der Waals surface area contributed by atoms with Crippen LogP contribution in [0.4, 0.5) is 0 Å². The van der Waals surface area contributed by atoms with Crippen LogP contribution in [-0.4, -0.2) is 9.97 Å². The second kappa shape index (κ2) is 8.27. The second-order valence-corrected chi connectivity index (χ2v) is 13.8. The van der Waals surface area contributed by atoms with E-state index in [0.29, 0.717) is 0 Å².